The lowest BCUT2D eigenvalue weighted by atomic mass is 10.1. The van der Waals surface area contributed by atoms with Gasteiger partial charge in [-0.1, -0.05) is 0 Å². The number of aryl methyl sites for hydroxylation is 3. The standard InChI is InChI=1S/C17H23N5O2/c1-12-6-7-18-17(20-12)15-11-22(8-9-24-15)16(23)5-4-14-10-19-21(3)13(14)2/h6-7,10,15H,4-5,8-9,11H2,1-3H3/t15-/m0/s1. The van der Waals surface area contributed by atoms with Gasteiger partial charge >= 0.3 is 0 Å². The topological polar surface area (TPSA) is 73.1 Å². The van der Waals surface area contributed by atoms with E-state index in [0.29, 0.717) is 38.4 Å². The van der Waals surface area contributed by atoms with Crippen LogP contribution in [0.4, 0.5) is 0 Å². The molecule has 0 bridgehead atoms. The second-order valence-corrected chi connectivity index (χ2v) is 6.13. The van der Waals surface area contributed by atoms with Crippen LogP contribution in [0.25, 0.3) is 0 Å². The maximum atomic E-state index is 12.5. The van der Waals surface area contributed by atoms with Gasteiger partial charge in [0.2, 0.25) is 5.91 Å². The number of ether oxygens (including phenoxy) is 1. The largest absolute Gasteiger partial charge is 0.367 e. The highest BCUT2D eigenvalue weighted by molar-refractivity contribution is 5.76. The summed E-state index contributed by atoms with van der Waals surface area (Å²) in [4.78, 5) is 23.1. The molecule has 0 spiro atoms. The number of amides is 1. The Morgan fingerprint density at radius 3 is 2.96 bits per heavy atom. The van der Waals surface area contributed by atoms with E-state index in [1.54, 1.807) is 6.20 Å². The summed E-state index contributed by atoms with van der Waals surface area (Å²) in [5.74, 6) is 0.787. The molecular formula is C17H23N5O2. The van der Waals surface area contributed by atoms with Gasteiger partial charge in [0.25, 0.3) is 0 Å². The Morgan fingerprint density at radius 2 is 2.25 bits per heavy atom. The summed E-state index contributed by atoms with van der Waals surface area (Å²) < 4.78 is 7.59. The van der Waals surface area contributed by atoms with E-state index in [2.05, 4.69) is 15.1 Å². The zero-order valence-corrected chi connectivity index (χ0v) is 14.4. The Labute approximate surface area is 141 Å². The molecule has 0 aromatic carbocycles. The lowest BCUT2D eigenvalue weighted by Crippen LogP contribution is -2.42. The van der Waals surface area contributed by atoms with E-state index in [0.717, 1.165) is 17.0 Å². The molecule has 1 aliphatic rings. The molecule has 2 aromatic rings. The van der Waals surface area contributed by atoms with E-state index in [-0.39, 0.29) is 12.0 Å². The Morgan fingerprint density at radius 1 is 1.42 bits per heavy atom. The SMILES string of the molecule is Cc1ccnc([C@@H]2CN(C(=O)CCc3cnn(C)c3C)CCO2)n1. The predicted molar refractivity (Wildman–Crippen MR) is 88.3 cm³/mol. The van der Waals surface area contributed by atoms with Crippen molar-refractivity contribution in [3.8, 4) is 0 Å². The van der Waals surface area contributed by atoms with Crippen LogP contribution >= 0.6 is 0 Å². The van der Waals surface area contributed by atoms with E-state index in [1.807, 2.05) is 42.7 Å². The van der Waals surface area contributed by atoms with Gasteiger partial charge < -0.3 is 9.64 Å². The average Bonchev–Trinajstić information content (AvgIpc) is 2.91. The lowest BCUT2D eigenvalue weighted by Gasteiger charge is -2.32. The van der Waals surface area contributed by atoms with Crippen LogP contribution in [0.5, 0.6) is 0 Å². The molecule has 0 unspecified atom stereocenters. The van der Waals surface area contributed by atoms with Crippen LogP contribution in [-0.2, 0) is 23.0 Å². The average molecular weight is 329 g/mol. The second kappa shape index (κ2) is 7.09. The minimum atomic E-state index is -0.247. The summed E-state index contributed by atoms with van der Waals surface area (Å²) in [5.41, 5.74) is 3.13. The Bertz CT molecular complexity index is 728. The van der Waals surface area contributed by atoms with Gasteiger partial charge in [-0.15, -0.1) is 0 Å². The third-order valence-corrected chi connectivity index (χ3v) is 4.47. The van der Waals surface area contributed by atoms with Gasteiger partial charge in [-0.25, -0.2) is 9.97 Å². The van der Waals surface area contributed by atoms with E-state index >= 15 is 0 Å². The monoisotopic (exact) mass is 329 g/mol. The van der Waals surface area contributed by atoms with Gasteiger partial charge in [0.15, 0.2) is 5.82 Å². The van der Waals surface area contributed by atoms with Gasteiger partial charge in [-0.05, 0) is 31.9 Å². The first-order valence-corrected chi connectivity index (χ1v) is 8.21. The minimum absolute atomic E-state index is 0.138. The maximum absolute atomic E-state index is 12.5. The molecule has 7 heteroatoms. The number of hydrogen-bond donors (Lipinski definition) is 0. The number of nitrogens with zero attached hydrogens (tertiary/aromatic N) is 5. The van der Waals surface area contributed by atoms with Crippen LogP contribution in [0.1, 0.15) is 35.3 Å². The summed E-state index contributed by atoms with van der Waals surface area (Å²) in [6.07, 6.45) is 4.51. The first kappa shape index (κ1) is 16.6. The number of carbonyl (C=O) groups is 1. The molecule has 1 atom stereocenters. The summed E-state index contributed by atoms with van der Waals surface area (Å²) in [6.45, 7) is 5.58. The summed E-state index contributed by atoms with van der Waals surface area (Å²) >= 11 is 0. The fourth-order valence-electron chi connectivity index (χ4n) is 2.84. The van der Waals surface area contributed by atoms with Crippen LogP contribution < -0.4 is 0 Å². The van der Waals surface area contributed by atoms with E-state index in [9.17, 15) is 4.79 Å². The zero-order valence-electron chi connectivity index (χ0n) is 14.4. The smallest absolute Gasteiger partial charge is 0.223 e. The molecule has 0 N–H and O–H groups in total. The van der Waals surface area contributed by atoms with Gasteiger partial charge in [0.1, 0.15) is 6.10 Å². The normalized spacial score (nSPS) is 18.0. The molecule has 0 aliphatic carbocycles. The van der Waals surface area contributed by atoms with Crippen molar-refractivity contribution in [1.29, 1.82) is 0 Å². The van der Waals surface area contributed by atoms with Crippen LogP contribution in [0.3, 0.4) is 0 Å². The quantitative estimate of drug-likeness (QED) is 0.847. The maximum Gasteiger partial charge on any atom is 0.223 e. The van der Waals surface area contributed by atoms with Gasteiger partial charge in [-0.3, -0.25) is 9.48 Å². The lowest BCUT2D eigenvalue weighted by molar-refractivity contribution is -0.139. The minimum Gasteiger partial charge on any atom is -0.367 e. The molecule has 2 aromatic heterocycles. The van der Waals surface area contributed by atoms with Crippen molar-refractivity contribution in [3.05, 3.63) is 41.2 Å². The number of carbonyl (C=O) groups excluding carboxylic acids is 1. The zero-order chi connectivity index (χ0) is 17.1. The summed E-state index contributed by atoms with van der Waals surface area (Å²) in [6, 6.07) is 1.85. The van der Waals surface area contributed by atoms with Crippen molar-refractivity contribution in [2.24, 2.45) is 7.05 Å². The van der Waals surface area contributed by atoms with Crippen molar-refractivity contribution < 1.29 is 9.53 Å². The van der Waals surface area contributed by atoms with Crippen molar-refractivity contribution in [2.45, 2.75) is 32.8 Å². The molecule has 1 amide bonds. The number of morpholine rings is 1. The molecule has 7 nitrogen and oxygen atoms in total. The van der Waals surface area contributed by atoms with Crippen LogP contribution in [0.2, 0.25) is 0 Å². The molecular weight excluding hydrogens is 306 g/mol. The predicted octanol–water partition coefficient (Wildman–Crippen LogP) is 1.36. The summed E-state index contributed by atoms with van der Waals surface area (Å²) in [5, 5.41) is 4.22. The fourth-order valence-corrected chi connectivity index (χ4v) is 2.84. The Kier molecular flexibility index (Phi) is 4.89. The number of hydrogen-bond acceptors (Lipinski definition) is 5. The molecule has 3 heterocycles. The molecule has 0 saturated carbocycles. The van der Waals surface area contributed by atoms with E-state index in [1.165, 1.54) is 0 Å². The first-order valence-electron chi connectivity index (χ1n) is 8.21. The molecule has 24 heavy (non-hydrogen) atoms. The molecule has 128 valence electrons. The van der Waals surface area contributed by atoms with Gasteiger partial charge in [0.05, 0.1) is 19.3 Å². The van der Waals surface area contributed by atoms with Crippen molar-refractivity contribution in [3.63, 3.8) is 0 Å². The molecule has 0 radical (unpaired) electrons. The van der Waals surface area contributed by atoms with Gasteiger partial charge in [0, 0.05) is 37.6 Å². The van der Waals surface area contributed by atoms with Gasteiger partial charge in [-0.2, -0.15) is 5.10 Å². The molecule has 1 fully saturated rings. The van der Waals surface area contributed by atoms with Crippen LogP contribution in [0.15, 0.2) is 18.5 Å². The second-order valence-electron chi connectivity index (χ2n) is 6.13. The van der Waals surface area contributed by atoms with Crippen molar-refractivity contribution in [2.75, 3.05) is 19.7 Å². The highest BCUT2D eigenvalue weighted by Gasteiger charge is 2.27. The van der Waals surface area contributed by atoms with E-state index < -0.39 is 0 Å². The molecule has 1 aliphatic heterocycles. The molecule has 3 rings (SSSR count). The third kappa shape index (κ3) is 3.62. The Balaban J connectivity index is 1.60. The van der Waals surface area contributed by atoms with Crippen molar-refractivity contribution in [1.82, 2.24) is 24.6 Å². The molecule has 1 saturated heterocycles. The fraction of sp³-hybridized carbons (Fsp3) is 0.529. The van der Waals surface area contributed by atoms with Crippen LogP contribution in [0, 0.1) is 13.8 Å². The Hall–Kier alpha value is -2.28. The van der Waals surface area contributed by atoms with Crippen LogP contribution in [-0.4, -0.2) is 50.3 Å². The number of rotatable bonds is 4. The summed E-state index contributed by atoms with van der Waals surface area (Å²) in [7, 11) is 1.91. The van der Waals surface area contributed by atoms with E-state index in [4.69, 9.17) is 4.74 Å². The highest BCUT2D eigenvalue weighted by Crippen LogP contribution is 2.20. The van der Waals surface area contributed by atoms with Crippen molar-refractivity contribution >= 4 is 5.91 Å². The number of aromatic nitrogens is 4. The third-order valence-electron chi connectivity index (χ3n) is 4.47. The first-order chi connectivity index (χ1) is 11.5. The highest BCUT2D eigenvalue weighted by atomic mass is 16.5.